The molecule has 7 heteroatoms. The summed E-state index contributed by atoms with van der Waals surface area (Å²) in [5, 5.41) is 6.06. The van der Waals surface area contributed by atoms with Crippen LogP contribution in [0.1, 0.15) is 5.56 Å². The van der Waals surface area contributed by atoms with Gasteiger partial charge < -0.3 is 25.0 Å². The van der Waals surface area contributed by atoms with Crippen molar-refractivity contribution in [2.45, 2.75) is 12.5 Å². The predicted octanol–water partition coefficient (Wildman–Crippen LogP) is 1.36. The zero-order valence-corrected chi connectivity index (χ0v) is 13.2. The molecule has 1 atom stereocenters. The van der Waals surface area contributed by atoms with Crippen LogP contribution in [0.15, 0.2) is 18.2 Å². The molecule has 1 unspecified atom stereocenters. The van der Waals surface area contributed by atoms with Crippen LogP contribution in [0.25, 0.3) is 0 Å². The summed E-state index contributed by atoms with van der Waals surface area (Å²) in [5.41, 5.74) is 0.802. The number of amides is 2. The number of nitrogens with one attached hydrogen (secondary N) is 2. The lowest BCUT2D eigenvalue weighted by atomic mass is 10.0. The largest absolute Gasteiger partial charge is 0.377 e. The third-order valence-electron chi connectivity index (χ3n) is 4.21. The smallest absolute Gasteiger partial charge is 0.322 e. The zero-order valence-electron chi connectivity index (χ0n) is 13.2. The molecular formula is C16H22FN3O3. The lowest BCUT2D eigenvalue weighted by Gasteiger charge is -2.41. The molecule has 0 aliphatic carbocycles. The van der Waals surface area contributed by atoms with Crippen LogP contribution >= 0.6 is 0 Å². The van der Waals surface area contributed by atoms with Crippen molar-refractivity contribution in [1.82, 2.24) is 10.2 Å². The Morgan fingerprint density at radius 1 is 1.43 bits per heavy atom. The molecule has 2 aliphatic heterocycles. The SMILES string of the molecule is Cc1ccc(F)cc1NC(=O)N1CCOC2(CNCCOC2)C1. The maximum atomic E-state index is 13.4. The highest BCUT2D eigenvalue weighted by molar-refractivity contribution is 5.90. The molecule has 0 aromatic heterocycles. The zero-order chi connectivity index (χ0) is 16.3. The summed E-state index contributed by atoms with van der Waals surface area (Å²) in [4.78, 5) is 14.2. The van der Waals surface area contributed by atoms with Gasteiger partial charge in [0, 0.05) is 25.3 Å². The van der Waals surface area contributed by atoms with Gasteiger partial charge in [-0.2, -0.15) is 0 Å². The quantitative estimate of drug-likeness (QED) is 0.819. The number of urea groups is 1. The number of hydrogen-bond donors (Lipinski definition) is 2. The predicted molar refractivity (Wildman–Crippen MR) is 84.1 cm³/mol. The minimum Gasteiger partial charge on any atom is -0.377 e. The maximum Gasteiger partial charge on any atom is 0.322 e. The normalized spacial score (nSPS) is 25.2. The Labute approximate surface area is 134 Å². The van der Waals surface area contributed by atoms with E-state index in [1.807, 2.05) is 6.92 Å². The van der Waals surface area contributed by atoms with Crippen LogP contribution < -0.4 is 10.6 Å². The molecule has 1 aromatic carbocycles. The lowest BCUT2D eigenvalue weighted by molar-refractivity contribution is -0.123. The van der Waals surface area contributed by atoms with Crippen molar-refractivity contribution in [3.63, 3.8) is 0 Å². The number of nitrogens with zero attached hydrogens (tertiary/aromatic N) is 1. The molecule has 0 bridgehead atoms. The monoisotopic (exact) mass is 323 g/mol. The molecule has 2 heterocycles. The fraction of sp³-hybridized carbons (Fsp3) is 0.562. The topological polar surface area (TPSA) is 62.8 Å². The molecular weight excluding hydrogens is 301 g/mol. The van der Waals surface area contributed by atoms with E-state index in [1.54, 1.807) is 11.0 Å². The van der Waals surface area contributed by atoms with Crippen molar-refractivity contribution >= 4 is 11.7 Å². The number of morpholine rings is 1. The second-order valence-corrected chi connectivity index (χ2v) is 6.07. The van der Waals surface area contributed by atoms with Crippen LogP contribution in [0.4, 0.5) is 14.9 Å². The number of carbonyl (C=O) groups is 1. The number of anilines is 1. The van der Waals surface area contributed by atoms with E-state index in [0.717, 1.165) is 12.1 Å². The van der Waals surface area contributed by atoms with Gasteiger partial charge in [-0.15, -0.1) is 0 Å². The van der Waals surface area contributed by atoms with Crippen molar-refractivity contribution < 1.29 is 18.7 Å². The van der Waals surface area contributed by atoms with Gasteiger partial charge in [0.2, 0.25) is 0 Å². The van der Waals surface area contributed by atoms with Crippen LogP contribution in [-0.4, -0.2) is 62.5 Å². The van der Waals surface area contributed by atoms with Crippen LogP contribution in [0.5, 0.6) is 0 Å². The summed E-state index contributed by atoms with van der Waals surface area (Å²) < 4.78 is 24.8. The van der Waals surface area contributed by atoms with E-state index >= 15 is 0 Å². The molecule has 2 saturated heterocycles. The van der Waals surface area contributed by atoms with Gasteiger partial charge in [0.25, 0.3) is 0 Å². The van der Waals surface area contributed by atoms with Crippen LogP contribution in [0.3, 0.4) is 0 Å². The lowest BCUT2D eigenvalue weighted by Crippen LogP contribution is -2.60. The minimum absolute atomic E-state index is 0.245. The Kier molecular flexibility index (Phi) is 4.79. The van der Waals surface area contributed by atoms with Gasteiger partial charge in [0.1, 0.15) is 11.4 Å². The van der Waals surface area contributed by atoms with E-state index < -0.39 is 5.60 Å². The Bertz CT molecular complexity index is 574. The highest BCUT2D eigenvalue weighted by Gasteiger charge is 2.39. The number of ether oxygens (including phenoxy) is 2. The summed E-state index contributed by atoms with van der Waals surface area (Å²) in [6, 6.07) is 4.11. The first-order chi connectivity index (χ1) is 11.1. The molecule has 2 aliphatic rings. The molecule has 0 saturated carbocycles. The van der Waals surface area contributed by atoms with E-state index in [2.05, 4.69) is 10.6 Å². The van der Waals surface area contributed by atoms with Gasteiger partial charge in [-0.1, -0.05) is 6.07 Å². The fourth-order valence-electron chi connectivity index (χ4n) is 2.91. The van der Waals surface area contributed by atoms with E-state index in [4.69, 9.17) is 9.47 Å². The number of halogens is 1. The standard InChI is InChI=1S/C16H22FN3O3/c1-12-2-3-13(17)8-14(12)19-15(21)20-5-7-23-16(10-20)9-18-4-6-22-11-16/h2-3,8,18H,4-7,9-11H2,1H3,(H,19,21). The van der Waals surface area contributed by atoms with Crippen LogP contribution in [-0.2, 0) is 9.47 Å². The van der Waals surface area contributed by atoms with Gasteiger partial charge in [-0.25, -0.2) is 9.18 Å². The van der Waals surface area contributed by atoms with E-state index in [0.29, 0.717) is 45.1 Å². The molecule has 2 amide bonds. The average Bonchev–Trinajstić information content (AvgIpc) is 2.76. The Hall–Kier alpha value is -1.70. The first-order valence-corrected chi connectivity index (χ1v) is 7.83. The minimum atomic E-state index is -0.511. The Balaban J connectivity index is 1.68. The van der Waals surface area contributed by atoms with Gasteiger partial charge in [0.05, 0.1) is 26.4 Å². The number of benzene rings is 1. The molecule has 1 aromatic rings. The molecule has 2 N–H and O–H groups in total. The Morgan fingerprint density at radius 2 is 2.30 bits per heavy atom. The first kappa shape index (κ1) is 16.2. The number of rotatable bonds is 1. The molecule has 0 radical (unpaired) electrons. The molecule has 1 spiro atoms. The van der Waals surface area contributed by atoms with E-state index in [-0.39, 0.29) is 11.8 Å². The second-order valence-electron chi connectivity index (χ2n) is 6.07. The van der Waals surface area contributed by atoms with Gasteiger partial charge in [-0.3, -0.25) is 0 Å². The van der Waals surface area contributed by atoms with Gasteiger partial charge in [-0.05, 0) is 24.6 Å². The average molecular weight is 323 g/mol. The van der Waals surface area contributed by atoms with Crippen molar-refractivity contribution in [1.29, 1.82) is 0 Å². The molecule has 6 nitrogen and oxygen atoms in total. The van der Waals surface area contributed by atoms with Gasteiger partial charge >= 0.3 is 6.03 Å². The highest BCUT2D eigenvalue weighted by atomic mass is 19.1. The maximum absolute atomic E-state index is 13.4. The third-order valence-corrected chi connectivity index (χ3v) is 4.21. The van der Waals surface area contributed by atoms with Crippen LogP contribution in [0.2, 0.25) is 0 Å². The number of aryl methyl sites for hydroxylation is 1. The summed E-state index contributed by atoms with van der Waals surface area (Å²) in [6.45, 7) is 5.76. The van der Waals surface area contributed by atoms with Crippen molar-refractivity contribution in [2.75, 3.05) is 51.3 Å². The molecule has 2 fully saturated rings. The third kappa shape index (κ3) is 3.80. The summed E-state index contributed by atoms with van der Waals surface area (Å²) in [6.07, 6.45) is 0. The number of hydrogen-bond acceptors (Lipinski definition) is 4. The van der Waals surface area contributed by atoms with E-state index in [1.165, 1.54) is 12.1 Å². The fourth-order valence-corrected chi connectivity index (χ4v) is 2.91. The van der Waals surface area contributed by atoms with Crippen molar-refractivity contribution in [3.8, 4) is 0 Å². The molecule has 23 heavy (non-hydrogen) atoms. The molecule has 3 rings (SSSR count). The van der Waals surface area contributed by atoms with E-state index in [9.17, 15) is 9.18 Å². The van der Waals surface area contributed by atoms with Crippen LogP contribution in [0, 0.1) is 12.7 Å². The first-order valence-electron chi connectivity index (χ1n) is 7.83. The highest BCUT2D eigenvalue weighted by Crippen LogP contribution is 2.22. The van der Waals surface area contributed by atoms with Crippen molar-refractivity contribution in [3.05, 3.63) is 29.6 Å². The number of carbonyl (C=O) groups excluding carboxylic acids is 1. The Morgan fingerprint density at radius 3 is 3.17 bits per heavy atom. The summed E-state index contributed by atoms with van der Waals surface area (Å²) >= 11 is 0. The second kappa shape index (κ2) is 6.82. The van der Waals surface area contributed by atoms with Gasteiger partial charge in [0.15, 0.2) is 0 Å². The molecule has 126 valence electrons. The van der Waals surface area contributed by atoms with Crippen molar-refractivity contribution in [2.24, 2.45) is 0 Å². The summed E-state index contributed by atoms with van der Waals surface area (Å²) in [5.74, 6) is -0.370. The summed E-state index contributed by atoms with van der Waals surface area (Å²) in [7, 11) is 0.